The van der Waals surface area contributed by atoms with E-state index >= 15 is 0 Å². The third kappa shape index (κ3) is 2.83. The van der Waals surface area contributed by atoms with Gasteiger partial charge in [0.05, 0.1) is 13.3 Å². The van der Waals surface area contributed by atoms with Crippen LogP contribution in [-0.2, 0) is 0 Å². The van der Waals surface area contributed by atoms with Gasteiger partial charge in [-0.15, -0.1) is 11.3 Å². The lowest BCUT2D eigenvalue weighted by molar-refractivity contribution is 0.370. The van der Waals surface area contributed by atoms with Crippen LogP contribution in [0.4, 0.5) is 10.9 Å². The molecule has 0 saturated carbocycles. The fraction of sp³-hybridized carbons (Fsp3) is 0.231. The molecule has 106 valence electrons. The van der Waals surface area contributed by atoms with Crippen LogP contribution in [0, 0.1) is 13.8 Å². The van der Waals surface area contributed by atoms with Gasteiger partial charge in [0.1, 0.15) is 5.82 Å². The molecule has 0 fully saturated rings. The fourth-order valence-corrected chi connectivity index (χ4v) is 2.29. The van der Waals surface area contributed by atoms with Crippen LogP contribution in [0.1, 0.15) is 16.7 Å². The van der Waals surface area contributed by atoms with E-state index < -0.39 is 0 Å². The van der Waals surface area contributed by atoms with Crippen molar-refractivity contribution in [2.75, 3.05) is 18.3 Å². The Morgan fingerprint density at radius 2 is 2.25 bits per heavy atom. The van der Waals surface area contributed by atoms with Crippen LogP contribution in [0.3, 0.4) is 0 Å². The monoisotopic (exact) mass is 292 g/mol. The molecule has 0 spiro atoms. The first-order valence-electron chi connectivity index (χ1n) is 5.90. The van der Waals surface area contributed by atoms with Gasteiger partial charge in [-0.2, -0.15) is 5.10 Å². The molecule has 0 atom stereocenters. The number of hydrazone groups is 1. The number of phenolic OH excluding ortho intramolecular Hbond substituents is 1. The quantitative estimate of drug-likeness (QED) is 0.594. The molecule has 0 aliphatic carbocycles. The first kappa shape index (κ1) is 14.1. The summed E-state index contributed by atoms with van der Waals surface area (Å²) < 4.78 is 5.21. The van der Waals surface area contributed by atoms with Crippen molar-refractivity contribution in [2.24, 2.45) is 5.10 Å². The van der Waals surface area contributed by atoms with Gasteiger partial charge in [0.2, 0.25) is 5.13 Å². The van der Waals surface area contributed by atoms with E-state index in [1.165, 1.54) is 24.7 Å². The lowest BCUT2D eigenvalue weighted by Crippen LogP contribution is -1.96. The van der Waals surface area contributed by atoms with E-state index in [0.29, 0.717) is 22.3 Å². The van der Waals surface area contributed by atoms with E-state index in [2.05, 4.69) is 15.5 Å². The van der Waals surface area contributed by atoms with Gasteiger partial charge in [0.15, 0.2) is 11.5 Å². The van der Waals surface area contributed by atoms with Crippen molar-refractivity contribution in [2.45, 2.75) is 13.8 Å². The number of ether oxygens (including phenoxy) is 1. The van der Waals surface area contributed by atoms with Crippen molar-refractivity contribution in [3.8, 4) is 11.5 Å². The van der Waals surface area contributed by atoms with Gasteiger partial charge in [-0.05, 0) is 31.0 Å². The van der Waals surface area contributed by atoms with Gasteiger partial charge < -0.3 is 15.6 Å². The molecule has 0 saturated heterocycles. The van der Waals surface area contributed by atoms with Crippen molar-refractivity contribution in [3.63, 3.8) is 0 Å². The van der Waals surface area contributed by atoms with E-state index in [1.807, 2.05) is 19.9 Å². The number of aryl methyl sites for hydroxylation is 1. The summed E-state index contributed by atoms with van der Waals surface area (Å²) in [5.74, 6) is 0.980. The second-order valence-electron chi connectivity index (χ2n) is 4.24. The number of aromatic nitrogens is 1. The number of benzene rings is 1. The third-order valence-electron chi connectivity index (χ3n) is 2.88. The molecular formula is C13H16N4O2S. The fourth-order valence-electron chi connectivity index (χ4n) is 1.74. The number of rotatable bonds is 4. The van der Waals surface area contributed by atoms with E-state index in [0.717, 1.165) is 11.1 Å². The maximum atomic E-state index is 10.1. The maximum Gasteiger partial charge on any atom is 0.205 e. The summed E-state index contributed by atoms with van der Waals surface area (Å²) in [7, 11) is 1.53. The first-order valence-corrected chi connectivity index (χ1v) is 6.78. The normalized spacial score (nSPS) is 10.9. The highest BCUT2D eigenvalue weighted by Crippen LogP contribution is 2.34. The highest BCUT2D eigenvalue weighted by Gasteiger charge is 2.12. The lowest BCUT2D eigenvalue weighted by atomic mass is 10.0. The molecule has 1 aromatic carbocycles. The average molecular weight is 292 g/mol. The average Bonchev–Trinajstić information content (AvgIpc) is 2.82. The number of aromatic hydroxyl groups is 1. The number of thiazole rings is 1. The summed E-state index contributed by atoms with van der Waals surface area (Å²) in [5, 5.41) is 16.5. The Kier molecular flexibility index (Phi) is 4.09. The van der Waals surface area contributed by atoms with Crippen molar-refractivity contribution in [1.29, 1.82) is 0 Å². The number of phenols is 1. The molecule has 20 heavy (non-hydrogen) atoms. The first-order chi connectivity index (χ1) is 9.52. The summed E-state index contributed by atoms with van der Waals surface area (Å²) in [5.41, 5.74) is 10.8. The molecule has 4 N–H and O–H groups in total. The van der Waals surface area contributed by atoms with Crippen LogP contribution >= 0.6 is 11.3 Å². The van der Waals surface area contributed by atoms with Crippen LogP contribution in [0.2, 0.25) is 0 Å². The van der Waals surface area contributed by atoms with E-state index in [4.69, 9.17) is 10.5 Å². The number of hydrogen-bond donors (Lipinski definition) is 3. The van der Waals surface area contributed by atoms with Crippen molar-refractivity contribution >= 4 is 28.5 Å². The molecule has 0 unspecified atom stereocenters. The van der Waals surface area contributed by atoms with Crippen LogP contribution in [0.15, 0.2) is 16.5 Å². The van der Waals surface area contributed by atoms with Crippen LogP contribution < -0.4 is 15.9 Å². The third-order valence-corrected chi connectivity index (χ3v) is 3.65. The second kappa shape index (κ2) is 5.79. The van der Waals surface area contributed by atoms with Gasteiger partial charge >= 0.3 is 0 Å². The Balaban J connectivity index is 2.23. The predicted molar refractivity (Wildman–Crippen MR) is 81.9 cm³/mol. The number of nitrogens with zero attached hydrogens (tertiary/aromatic N) is 2. The highest BCUT2D eigenvalue weighted by atomic mass is 32.1. The van der Waals surface area contributed by atoms with Gasteiger partial charge in [0, 0.05) is 10.9 Å². The summed E-state index contributed by atoms with van der Waals surface area (Å²) in [6, 6.07) is 1.84. The second-order valence-corrected chi connectivity index (χ2v) is 5.10. The molecule has 0 aliphatic heterocycles. The summed E-state index contributed by atoms with van der Waals surface area (Å²) in [6.07, 6.45) is 1.52. The standard InChI is InChI=1S/C13H16N4O2S/c1-7-4-9(11(18)12(19-3)8(7)2)5-15-17-13-16-10(14)6-20-13/h4-6,18H,14H2,1-3H3,(H,16,17). The number of anilines is 2. The minimum absolute atomic E-state index is 0.0693. The van der Waals surface area contributed by atoms with Crippen molar-refractivity contribution in [1.82, 2.24) is 4.98 Å². The van der Waals surface area contributed by atoms with Gasteiger partial charge in [0.25, 0.3) is 0 Å². The van der Waals surface area contributed by atoms with Crippen molar-refractivity contribution in [3.05, 3.63) is 28.1 Å². The minimum Gasteiger partial charge on any atom is -0.504 e. The highest BCUT2D eigenvalue weighted by molar-refractivity contribution is 7.14. The molecule has 1 aromatic heterocycles. The lowest BCUT2D eigenvalue weighted by Gasteiger charge is -2.11. The number of nitrogens with one attached hydrogen (secondary N) is 1. The molecule has 1 heterocycles. The number of nitrogens with two attached hydrogens (primary N) is 1. The Hall–Kier alpha value is -2.28. The van der Waals surface area contributed by atoms with Gasteiger partial charge in [-0.3, -0.25) is 5.43 Å². The zero-order valence-corrected chi connectivity index (χ0v) is 12.3. The molecule has 6 nitrogen and oxygen atoms in total. The maximum absolute atomic E-state index is 10.1. The zero-order valence-electron chi connectivity index (χ0n) is 11.5. The number of hydrogen-bond acceptors (Lipinski definition) is 7. The topological polar surface area (TPSA) is 92.8 Å². The van der Waals surface area contributed by atoms with E-state index in [9.17, 15) is 5.11 Å². The van der Waals surface area contributed by atoms with Crippen LogP contribution in [0.5, 0.6) is 11.5 Å². The smallest absolute Gasteiger partial charge is 0.205 e. The molecular weight excluding hydrogens is 276 g/mol. The largest absolute Gasteiger partial charge is 0.504 e. The Morgan fingerprint density at radius 1 is 1.50 bits per heavy atom. The van der Waals surface area contributed by atoms with Gasteiger partial charge in [-0.25, -0.2) is 4.98 Å². The van der Waals surface area contributed by atoms with Crippen LogP contribution in [0.25, 0.3) is 0 Å². The molecule has 0 aliphatic rings. The number of nitrogen functional groups attached to an aromatic ring is 1. The molecule has 7 heteroatoms. The molecule has 2 aromatic rings. The summed E-state index contributed by atoms with van der Waals surface area (Å²) in [4.78, 5) is 4.01. The zero-order chi connectivity index (χ0) is 14.7. The Bertz CT molecular complexity index is 652. The molecule has 2 rings (SSSR count). The van der Waals surface area contributed by atoms with E-state index in [-0.39, 0.29) is 5.75 Å². The SMILES string of the molecule is COc1c(C)c(C)cc(C=NNc2nc(N)cs2)c1O. The summed E-state index contributed by atoms with van der Waals surface area (Å²) in [6.45, 7) is 3.84. The van der Waals surface area contributed by atoms with Gasteiger partial charge in [-0.1, -0.05) is 0 Å². The Morgan fingerprint density at radius 3 is 2.85 bits per heavy atom. The molecule has 0 amide bonds. The molecule has 0 bridgehead atoms. The summed E-state index contributed by atoms with van der Waals surface area (Å²) >= 11 is 1.35. The predicted octanol–water partition coefficient (Wildman–Crippen LogP) is 2.50. The number of methoxy groups -OCH3 is 1. The Labute approximate surface area is 120 Å². The molecule has 0 radical (unpaired) electrons. The van der Waals surface area contributed by atoms with Crippen molar-refractivity contribution < 1.29 is 9.84 Å². The van der Waals surface area contributed by atoms with E-state index in [1.54, 1.807) is 5.38 Å². The van der Waals surface area contributed by atoms with Crippen LogP contribution in [-0.4, -0.2) is 23.4 Å². The minimum atomic E-state index is 0.0693.